The van der Waals surface area contributed by atoms with E-state index >= 15 is 0 Å². The molecule has 0 aliphatic heterocycles. The van der Waals surface area contributed by atoms with Crippen molar-refractivity contribution < 1.29 is 18.0 Å². The van der Waals surface area contributed by atoms with Crippen LogP contribution in [0.5, 0.6) is 0 Å². The molecule has 3 aromatic carbocycles. The number of carbonyl (C=O) groups excluding carboxylic acids is 1. The molecular weight excluding hydrogens is 495 g/mol. The largest absolute Gasteiger partial charge is 0.416 e. The lowest BCUT2D eigenvalue weighted by Crippen LogP contribution is -2.43. The first-order valence-electron chi connectivity index (χ1n) is 11.0. The summed E-state index contributed by atoms with van der Waals surface area (Å²) in [5, 5.41) is 3.16. The molecule has 0 saturated heterocycles. The zero-order chi connectivity index (χ0) is 26.2. The minimum absolute atomic E-state index is 0.174. The molecule has 186 valence electrons. The molecule has 0 unspecified atom stereocenters. The summed E-state index contributed by atoms with van der Waals surface area (Å²) in [6.45, 7) is 3.09. The smallest absolute Gasteiger partial charge is 0.350 e. The van der Waals surface area contributed by atoms with Crippen molar-refractivity contribution in [1.82, 2.24) is 14.5 Å². The Labute approximate surface area is 208 Å². The number of nitrogens with zero attached hydrogens (tertiary/aromatic N) is 2. The maximum Gasteiger partial charge on any atom is 0.416 e. The summed E-state index contributed by atoms with van der Waals surface area (Å²) in [7, 11) is 0. The summed E-state index contributed by atoms with van der Waals surface area (Å²) in [4.78, 5) is 39.8. The zero-order valence-electron chi connectivity index (χ0n) is 19.3. The number of hydrogen-bond acceptors (Lipinski definition) is 3. The van der Waals surface area contributed by atoms with Gasteiger partial charge in [0.1, 0.15) is 6.04 Å². The highest BCUT2D eigenvalue weighted by molar-refractivity contribution is 6.31. The summed E-state index contributed by atoms with van der Waals surface area (Å²) < 4.78 is 41.1. The maximum atomic E-state index is 13.6. The van der Waals surface area contributed by atoms with Gasteiger partial charge in [-0.05, 0) is 61.4 Å². The molecule has 1 amide bonds. The number of rotatable bonds is 5. The molecule has 10 heteroatoms. The standard InChI is InChI=1S/C26H21ClF3N3O3/c1-15-10-11-19(13-21(15)27)33-24(35)20-8-3-4-9-22(20)32(25(33)36)16(2)23(34)31-14-17-6-5-7-18(12-17)26(28,29)30/h3-13,16H,14H2,1-2H3,(H,31,34)/t16-/m0/s1. The first kappa shape index (κ1) is 25.2. The lowest BCUT2D eigenvalue weighted by molar-refractivity contribution is -0.137. The van der Waals surface area contributed by atoms with Crippen molar-refractivity contribution in [3.8, 4) is 5.69 Å². The van der Waals surface area contributed by atoms with E-state index in [1.165, 1.54) is 29.7 Å². The van der Waals surface area contributed by atoms with E-state index in [9.17, 15) is 27.6 Å². The first-order valence-corrected chi connectivity index (χ1v) is 11.3. The highest BCUT2D eigenvalue weighted by atomic mass is 35.5. The minimum atomic E-state index is -4.51. The monoisotopic (exact) mass is 515 g/mol. The highest BCUT2D eigenvalue weighted by Crippen LogP contribution is 2.29. The van der Waals surface area contributed by atoms with Crippen LogP contribution in [-0.4, -0.2) is 15.0 Å². The molecule has 1 aromatic heterocycles. The number of benzene rings is 3. The predicted molar refractivity (Wildman–Crippen MR) is 132 cm³/mol. The van der Waals surface area contributed by atoms with Gasteiger partial charge in [-0.3, -0.25) is 14.2 Å². The number of aromatic nitrogens is 2. The fourth-order valence-electron chi connectivity index (χ4n) is 3.92. The number of amides is 1. The summed E-state index contributed by atoms with van der Waals surface area (Å²) in [6, 6.07) is 14.7. The third-order valence-corrected chi connectivity index (χ3v) is 6.30. The molecule has 0 bridgehead atoms. The van der Waals surface area contributed by atoms with Gasteiger partial charge in [0.25, 0.3) is 5.56 Å². The fourth-order valence-corrected chi connectivity index (χ4v) is 4.09. The Kier molecular flexibility index (Phi) is 6.77. The Balaban J connectivity index is 1.74. The molecule has 0 aliphatic carbocycles. The Bertz CT molecular complexity index is 1590. The average Bonchev–Trinajstić information content (AvgIpc) is 2.84. The number of alkyl halides is 3. The molecule has 4 aromatic rings. The van der Waals surface area contributed by atoms with E-state index in [-0.39, 0.29) is 28.7 Å². The van der Waals surface area contributed by atoms with E-state index in [1.54, 1.807) is 43.3 Å². The van der Waals surface area contributed by atoms with Crippen molar-refractivity contribution in [2.75, 3.05) is 0 Å². The Morgan fingerprint density at radius 1 is 1.03 bits per heavy atom. The molecule has 0 aliphatic rings. The number of halogens is 4. The molecule has 0 fully saturated rings. The number of carbonyl (C=O) groups is 1. The Hall–Kier alpha value is -3.85. The van der Waals surface area contributed by atoms with Gasteiger partial charge in [-0.1, -0.05) is 41.9 Å². The molecule has 4 rings (SSSR count). The second-order valence-electron chi connectivity index (χ2n) is 8.34. The van der Waals surface area contributed by atoms with Crippen molar-refractivity contribution in [3.05, 3.63) is 109 Å². The maximum absolute atomic E-state index is 13.6. The van der Waals surface area contributed by atoms with Crippen LogP contribution in [0.4, 0.5) is 13.2 Å². The van der Waals surface area contributed by atoms with Gasteiger partial charge in [-0.15, -0.1) is 0 Å². The number of aryl methyl sites for hydroxylation is 1. The highest BCUT2D eigenvalue weighted by Gasteiger charge is 2.30. The van der Waals surface area contributed by atoms with Crippen molar-refractivity contribution >= 4 is 28.4 Å². The molecule has 36 heavy (non-hydrogen) atoms. The van der Waals surface area contributed by atoms with E-state index in [2.05, 4.69) is 5.32 Å². The van der Waals surface area contributed by atoms with E-state index in [0.717, 1.165) is 22.3 Å². The molecule has 1 heterocycles. The zero-order valence-corrected chi connectivity index (χ0v) is 20.0. The molecular formula is C26H21ClF3N3O3. The summed E-state index contributed by atoms with van der Waals surface area (Å²) in [5.41, 5.74) is -0.629. The summed E-state index contributed by atoms with van der Waals surface area (Å²) >= 11 is 6.22. The number of para-hydroxylation sites is 1. The van der Waals surface area contributed by atoms with Crippen LogP contribution in [-0.2, 0) is 17.5 Å². The van der Waals surface area contributed by atoms with E-state index in [4.69, 9.17) is 11.6 Å². The van der Waals surface area contributed by atoms with Crippen LogP contribution in [0.2, 0.25) is 5.02 Å². The molecule has 0 spiro atoms. The van der Waals surface area contributed by atoms with Gasteiger partial charge in [-0.25, -0.2) is 9.36 Å². The van der Waals surface area contributed by atoms with Crippen molar-refractivity contribution in [1.29, 1.82) is 0 Å². The van der Waals surface area contributed by atoms with Gasteiger partial charge < -0.3 is 5.32 Å². The third kappa shape index (κ3) is 4.79. The van der Waals surface area contributed by atoms with Crippen LogP contribution in [0.3, 0.4) is 0 Å². The van der Waals surface area contributed by atoms with Gasteiger partial charge in [0.2, 0.25) is 5.91 Å². The summed E-state index contributed by atoms with van der Waals surface area (Å²) in [6.07, 6.45) is -4.51. The third-order valence-electron chi connectivity index (χ3n) is 5.90. The van der Waals surface area contributed by atoms with Crippen LogP contribution in [0.15, 0.2) is 76.3 Å². The van der Waals surface area contributed by atoms with E-state index in [1.807, 2.05) is 0 Å². The predicted octanol–water partition coefficient (Wildman–Crippen LogP) is 5.01. The van der Waals surface area contributed by atoms with Gasteiger partial charge in [-0.2, -0.15) is 13.2 Å². The van der Waals surface area contributed by atoms with Gasteiger partial charge >= 0.3 is 11.9 Å². The van der Waals surface area contributed by atoms with Gasteiger partial charge in [0.05, 0.1) is 22.2 Å². The topological polar surface area (TPSA) is 73.1 Å². The van der Waals surface area contributed by atoms with Crippen LogP contribution in [0.1, 0.15) is 29.7 Å². The van der Waals surface area contributed by atoms with E-state index in [0.29, 0.717) is 5.02 Å². The first-order chi connectivity index (χ1) is 17.0. The minimum Gasteiger partial charge on any atom is -0.350 e. The molecule has 0 saturated carbocycles. The summed E-state index contributed by atoms with van der Waals surface area (Å²) in [5.74, 6) is -0.605. The number of fused-ring (bicyclic) bond motifs is 1. The number of nitrogens with one attached hydrogen (secondary N) is 1. The second kappa shape index (κ2) is 9.66. The van der Waals surface area contributed by atoms with Gasteiger partial charge in [0.15, 0.2) is 0 Å². The average molecular weight is 516 g/mol. The molecule has 6 nitrogen and oxygen atoms in total. The second-order valence-corrected chi connectivity index (χ2v) is 8.74. The van der Waals surface area contributed by atoms with Crippen LogP contribution in [0.25, 0.3) is 16.6 Å². The SMILES string of the molecule is Cc1ccc(-n2c(=O)c3ccccc3n([C@@H](C)C(=O)NCc3cccc(C(F)(F)F)c3)c2=O)cc1Cl. The lowest BCUT2D eigenvalue weighted by atomic mass is 10.1. The van der Waals surface area contributed by atoms with Crippen molar-refractivity contribution in [2.45, 2.75) is 32.6 Å². The van der Waals surface area contributed by atoms with Crippen molar-refractivity contribution in [3.63, 3.8) is 0 Å². The van der Waals surface area contributed by atoms with E-state index < -0.39 is 34.9 Å². The van der Waals surface area contributed by atoms with Crippen molar-refractivity contribution in [2.24, 2.45) is 0 Å². The number of hydrogen-bond donors (Lipinski definition) is 1. The Morgan fingerprint density at radius 2 is 1.75 bits per heavy atom. The lowest BCUT2D eigenvalue weighted by Gasteiger charge is -2.20. The van der Waals surface area contributed by atoms with Crippen LogP contribution in [0, 0.1) is 6.92 Å². The fraction of sp³-hybridized carbons (Fsp3) is 0.192. The molecule has 1 atom stereocenters. The molecule has 1 N–H and O–H groups in total. The van der Waals surface area contributed by atoms with Crippen LogP contribution >= 0.6 is 11.6 Å². The normalized spacial score (nSPS) is 12.5. The molecule has 0 radical (unpaired) electrons. The van der Waals surface area contributed by atoms with Crippen LogP contribution < -0.4 is 16.6 Å². The Morgan fingerprint density at radius 3 is 2.44 bits per heavy atom. The quantitative estimate of drug-likeness (QED) is 0.406. The van der Waals surface area contributed by atoms with Gasteiger partial charge in [0, 0.05) is 11.6 Å².